The van der Waals surface area contributed by atoms with E-state index in [-0.39, 0.29) is 0 Å². The van der Waals surface area contributed by atoms with E-state index in [1.165, 1.54) is 5.69 Å². The van der Waals surface area contributed by atoms with Crippen LogP contribution in [0.5, 0.6) is 0 Å². The van der Waals surface area contributed by atoms with E-state index >= 15 is 0 Å². The molecule has 0 unspecified atom stereocenters. The molecule has 2 rings (SSSR count). The Morgan fingerprint density at radius 2 is 2.16 bits per heavy atom. The van der Waals surface area contributed by atoms with Crippen molar-refractivity contribution in [2.45, 2.75) is 27.3 Å². The van der Waals surface area contributed by atoms with E-state index in [4.69, 9.17) is 4.98 Å². The zero-order chi connectivity index (χ0) is 13.8. The van der Waals surface area contributed by atoms with Crippen molar-refractivity contribution in [1.82, 2.24) is 14.7 Å². The maximum Gasteiger partial charge on any atom is 0.152 e. The first-order valence-corrected chi connectivity index (χ1v) is 7.01. The number of nitrogens with one attached hydrogen (secondary N) is 1. The molecule has 2 aromatic rings. The first-order chi connectivity index (χ1) is 9.13. The fourth-order valence-electron chi connectivity index (χ4n) is 2.13. The van der Waals surface area contributed by atoms with Crippen LogP contribution in [-0.4, -0.2) is 29.5 Å². The third kappa shape index (κ3) is 3.07. The molecule has 0 saturated carbocycles. The summed E-state index contributed by atoms with van der Waals surface area (Å²) < 4.78 is 2.18. The quantitative estimate of drug-likeness (QED) is 0.866. The number of rotatable bonds is 6. The van der Waals surface area contributed by atoms with Gasteiger partial charge in [0.15, 0.2) is 5.82 Å². The van der Waals surface area contributed by atoms with Gasteiger partial charge in [-0.3, -0.25) is 0 Å². The van der Waals surface area contributed by atoms with Crippen LogP contribution in [0.2, 0.25) is 0 Å². The number of anilines is 1. The molecule has 4 nitrogen and oxygen atoms in total. The Labute approximate surface area is 115 Å². The lowest BCUT2D eigenvalue weighted by Crippen LogP contribution is -2.23. The van der Waals surface area contributed by atoms with Crippen LogP contribution in [0.15, 0.2) is 24.4 Å². The van der Waals surface area contributed by atoms with Gasteiger partial charge in [0, 0.05) is 26.3 Å². The van der Waals surface area contributed by atoms with Gasteiger partial charge in [0.05, 0.1) is 5.69 Å². The highest BCUT2D eigenvalue weighted by Crippen LogP contribution is 2.20. The van der Waals surface area contributed by atoms with Crippen molar-refractivity contribution in [3.8, 4) is 0 Å². The lowest BCUT2D eigenvalue weighted by Gasteiger charge is -2.16. The Hall–Kier alpha value is -1.55. The standard InChI is InChI=1S/C15H24N4/c1-5-18(4)15-13(11-16-10-12(2)3)19-9-7-6-8-14(19)17-15/h6-9,12,16H,5,10-11H2,1-4H3. The van der Waals surface area contributed by atoms with Crippen LogP contribution in [0.4, 0.5) is 5.82 Å². The van der Waals surface area contributed by atoms with E-state index in [2.05, 4.69) is 60.8 Å². The van der Waals surface area contributed by atoms with Crippen LogP contribution < -0.4 is 10.2 Å². The van der Waals surface area contributed by atoms with Crippen molar-refractivity contribution in [2.75, 3.05) is 25.0 Å². The molecule has 0 aliphatic heterocycles. The molecule has 0 amide bonds. The van der Waals surface area contributed by atoms with Crippen LogP contribution in [0.25, 0.3) is 5.65 Å². The minimum atomic E-state index is 0.659. The molecule has 0 spiro atoms. The second-order valence-corrected chi connectivity index (χ2v) is 5.35. The number of pyridine rings is 1. The summed E-state index contributed by atoms with van der Waals surface area (Å²) in [4.78, 5) is 6.92. The van der Waals surface area contributed by atoms with Crippen molar-refractivity contribution >= 4 is 11.5 Å². The molecule has 1 N–H and O–H groups in total. The summed E-state index contributed by atoms with van der Waals surface area (Å²) >= 11 is 0. The molecule has 0 atom stereocenters. The normalized spacial score (nSPS) is 11.4. The average Bonchev–Trinajstić information content (AvgIpc) is 2.77. The van der Waals surface area contributed by atoms with E-state index < -0.39 is 0 Å². The lowest BCUT2D eigenvalue weighted by molar-refractivity contribution is 0.547. The van der Waals surface area contributed by atoms with Crippen molar-refractivity contribution in [3.05, 3.63) is 30.1 Å². The van der Waals surface area contributed by atoms with Gasteiger partial charge in [-0.05, 0) is 31.5 Å². The van der Waals surface area contributed by atoms with Crippen LogP contribution in [0, 0.1) is 5.92 Å². The molecule has 0 aromatic carbocycles. The summed E-state index contributed by atoms with van der Waals surface area (Å²) in [6.07, 6.45) is 2.09. The Morgan fingerprint density at radius 1 is 1.37 bits per heavy atom. The zero-order valence-electron chi connectivity index (χ0n) is 12.3. The predicted octanol–water partition coefficient (Wildman–Crippen LogP) is 2.54. The number of imidazole rings is 1. The molecule has 0 fully saturated rings. The molecule has 19 heavy (non-hydrogen) atoms. The molecular weight excluding hydrogens is 236 g/mol. The van der Waals surface area contributed by atoms with Gasteiger partial charge < -0.3 is 14.6 Å². The maximum absolute atomic E-state index is 4.73. The van der Waals surface area contributed by atoms with Crippen molar-refractivity contribution in [2.24, 2.45) is 5.92 Å². The first kappa shape index (κ1) is 13.9. The Morgan fingerprint density at radius 3 is 2.84 bits per heavy atom. The van der Waals surface area contributed by atoms with Crippen LogP contribution in [0.3, 0.4) is 0 Å². The number of nitrogens with zero attached hydrogens (tertiary/aromatic N) is 3. The SMILES string of the molecule is CCN(C)c1nc2ccccn2c1CNCC(C)C. The second-order valence-electron chi connectivity index (χ2n) is 5.35. The van der Waals surface area contributed by atoms with E-state index in [1.807, 2.05) is 6.07 Å². The fourth-order valence-corrected chi connectivity index (χ4v) is 2.13. The van der Waals surface area contributed by atoms with Crippen LogP contribution in [0.1, 0.15) is 26.5 Å². The number of hydrogen-bond acceptors (Lipinski definition) is 3. The van der Waals surface area contributed by atoms with Crippen molar-refractivity contribution in [3.63, 3.8) is 0 Å². The highest BCUT2D eigenvalue weighted by atomic mass is 15.2. The molecule has 4 heteroatoms. The van der Waals surface area contributed by atoms with E-state index in [9.17, 15) is 0 Å². The highest BCUT2D eigenvalue weighted by molar-refractivity contribution is 5.55. The molecule has 0 saturated heterocycles. The fraction of sp³-hybridized carbons (Fsp3) is 0.533. The van der Waals surface area contributed by atoms with Crippen LogP contribution in [-0.2, 0) is 6.54 Å². The minimum absolute atomic E-state index is 0.659. The number of hydrogen-bond donors (Lipinski definition) is 1. The van der Waals surface area contributed by atoms with Crippen molar-refractivity contribution < 1.29 is 0 Å². The topological polar surface area (TPSA) is 32.6 Å². The zero-order valence-corrected chi connectivity index (χ0v) is 12.3. The monoisotopic (exact) mass is 260 g/mol. The van der Waals surface area contributed by atoms with E-state index in [1.54, 1.807) is 0 Å². The summed E-state index contributed by atoms with van der Waals surface area (Å²) in [5.41, 5.74) is 2.25. The summed E-state index contributed by atoms with van der Waals surface area (Å²) in [6, 6.07) is 6.14. The highest BCUT2D eigenvalue weighted by Gasteiger charge is 2.14. The molecular formula is C15H24N4. The summed E-state index contributed by atoms with van der Waals surface area (Å²) in [6.45, 7) is 9.43. The molecule has 2 heterocycles. The summed E-state index contributed by atoms with van der Waals surface area (Å²) in [5.74, 6) is 1.73. The molecule has 0 aliphatic rings. The van der Waals surface area contributed by atoms with Gasteiger partial charge in [0.25, 0.3) is 0 Å². The van der Waals surface area contributed by atoms with Crippen LogP contribution >= 0.6 is 0 Å². The van der Waals surface area contributed by atoms with Gasteiger partial charge in [-0.1, -0.05) is 19.9 Å². The van der Waals surface area contributed by atoms with Gasteiger partial charge in [0.2, 0.25) is 0 Å². The number of fused-ring (bicyclic) bond motifs is 1. The predicted molar refractivity (Wildman–Crippen MR) is 80.7 cm³/mol. The summed E-state index contributed by atoms with van der Waals surface area (Å²) in [5, 5.41) is 3.51. The van der Waals surface area contributed by atoms with E-state index in [0.717, 1.165) is 31.1 Å². The van der Waals surface area contributed by atoms with Crippen molar-refractivity contribution in [1.29, 1.82) is 0 Å². The average molecular weight is 260 g/mol. The Balaban J connectivity index is 2.31. The molecule has 104 valence electrons. The van der Waals surface area contributed by atoms with E-state index in [0.29, 0.717) is 5.92 Å². The molecule has 2 aromatic heterocycles. The Bertz CT molecular complexity index is 530. The maximum atomic E-state index is 4.73. The van der Waals surface area contributed by atoms with Gasteiger partial charge in [-0.15, -0.1) is 0 Å². The Kier molecular flexibility index (Phi) is 4.43. The van der Waals surface area contributed by atoms with Gasteiger partial charge in [0.1, 0.15) is 5.65 Å². The largest absolute Gasteiger partial charge is 0.358 e. The third-order valence-corrected chi connectivity index (χ3v) is 3.29. The second kappa shape index (κ2) is 6.06. The summed E-state index contributed by atoms with van der Waals surface area (Å²) in [7, 11) is 2.09. The molecule has 0 radical (unpaired) electrons. The van der Waals surface area contributed by atoms with Gasteiger partial charge >= 0.3 is 0 Å². The molecule has 0 aliphatic carbocycles. The lowest BCUT2D eigenvalue weighted by atomic mass is 10.2. The molecule has 0 bridgehead atoms. The first-order valence-electron chi connectivity index (χ1n) is 7.01. The van der Waals surface area contributed by atoms with Gasteiger partial charge in [-0.25, -0.2) is 4.98 Å². The van der Waals surface area contributed by atoms with Gasteiger partial charge in [-0.2, -0.15) is 0 Å². The smallest absolute Gasteiger partial charge is 0.152 e. The third-order valence-electron chi connectivity index (χ3n) is 3.29. The number of aromatic nitrogens is 2. The minimum Gasteiger partial charge on any atom is -0.358 e.